The van der Waals surface area contributed by atoms with E-state index in [1.54, 1.807) is 13.8 Å². The van der Waals surface area contributed by atoms with Crippen molar-refractivity contribution in [1.82, 2.24) is 24.5 Å². The Bertz CT molecular complexity index is 853. The van der Waals surface area contributed by atoms with E-state index >= 15 is 0 Å². The second-order valence-corrected chi connectivity index (χ2v) is 9.47. The molecular weight excluding hydrogens is 358 g/mol. The molecule has 9 nitrogen and oxygen atoms in total. The van der Waals surface area contributed by atoms with Crippen LogP contribution in [0.2, 0.25) is 0 Å². The Hall–Kier alpha value is -1.78. The normalized spacial score (nSPS) is 17.7. The highest BCUT2D eigenvalue weighted by atomic mass is 32.2. The minimum Gasteiger partial charge on any atom is -0.360 e. The largest absolute Gasteiger partial charge is 0.360 e. The van der Waals surface area contributed by atoms with E-state index in [0.717, 1.165) is 0 Å². The van der Waals surface area contributed by atoms with Gasteiger partial charge in [-0.1, -0.05) is 31.1 Å². The first kappa shape index (κ1) is 19.0. The van der Waals surface area contributed by atoms with E-state index in [1.807, 2.05) is 20.8 Å². The van der Waals surface area contributed by atoms with Gasteiger partial charge in [-0.3, -0.25) is 4.90 Å². The fourth-order valence-corrected chi connectivity index (χ4v) is 4.64. The van der Waals surface area contributed by atoms with E-state index in [9.17, 15) is 8.42 Å². The average Bonchev–Trinajstić information content (AvgIpc) is 3.14. The van der Waals surface area contributed by atoms with Gasteiger partial charge in [-0.2, -0.15) is 9.29 Å². The summed E-state index contributed by atoms with van der Waals surface area (Å²) in [5.41, 5.74) is 0.207. The molecule has 0 N–H and O–H groups in total. The summed E-state index contributed by atoms with van der Waals surface area (Å²) in [6.45, 7) is 11.8. The summed E-state index contributed by atoms with van der Waals surface area (Å²) in [6.07, 6.45) is 0. The third-order valence-corrected chi connectivity index (χ3v) is 6.52. The molecule has 1 aliphatic rings. The van der Waals surface area contributed by atoms with Crippen LogP contribution in [-0.2, 0) is 22.0 Å². The lowest BCUT2D eigenvalue weighted by atomic mass is 9.97. The summed E-state index contributed by atoms with van der Waals surface area (Å²) in [5, 5.41) is 7.78. The number of sulfonamides is 1. The first-order chi connectivity index (χ1) is 12.1. The molecule has 26 heavy (non-hydrogen) atoms. The van der Waals surface area contributed by atoms with Gasteiger partial charge in [-0.05, 0) is 13.8 Å². The zero-order chi connectivity index (χ0) is 19.1. The standard InChI is InChI=1S/C16H25N5O4S/c1-11-14(12(2)24-18-11)26(22,23)21-8-6-20(7-9-21)10-13-17-15(25-19-13)16(3,4)5/h6-10H2,1-5H3. The van der Waals surface area contributed by atoms with Crippen LogP contribution >= 0.6 is 0 Å². The third-order valence-electron chi connectivity index (χ3n) is 4.37. The fraction of sp³-hybridized carbons (Fsp3) is 0.688. The van der Waals surface area contributed by atoms with Crippen LogP contribution in [0.3, 0.4) is 0 Å². The first-order valence-corrected chi connectivity index (χ1v) is 10.0. The van der Waals surface area contributed by atoms with Crippen molar-refractivity contribution in [3.63, 3.8) is 0 Å². The fourth-order valence-electron chi connectivity index (χ4n) is 2.92. The molecule has 0 aromatic carbocycles. The monoisotopic (exact) mass is 383 g/mol. The number of aromatic nitrogens is 3. The van der Waals surface area contributed by atoms with Gasteiger partial charge < -0.3 is 9.05 Å². The number of aryl methyl sites for hydroxylation is 2. The van der Waals surface area contributed by atoms with Crippen molar-refractivity contribution in [2.24, 2.45) is 0 Å². The molecule has 0 aliphatic carbocycles. The second-order valence-electron chi connectivity index (χ2n) is 7.60. The topological polar surface area (TPSA) is 106 Å². The van der Waals surface area contributed by atoms with Gasteiger partial charge in [0.2, 0.25) is 15.9 Å². The molecule has 2 aromatic rings. The van der Waals surface area contributed by atoms with E-state index in [0.29, 0.717) is 55.9 Å². The number of hydrogen-bond acceptors (Lipinski definition) is 8. The Balaban J connectivity index is 1.63. The van der Waals surface area contributed by atoms with Gasteiger partial charge in [0.05, 0.1) is 6.54 Å². The van der Waals surface area contributed by atoms with Gasteiger partial charge in [0, 0.05) is 31.6 Å². The number of rotatable bonds is 4. The van der Waals surface area contributed by atoms with E-state index in [-0.39, 0.29) is 10.3 Å². The van der Waals surface area contributed by atoms with Crippen molar-refractivity contribution in [3.8, 4) is 0 Å². The summed E-state index contributed by atoms with van der Waals surface area (Å²) in [7, 11) is -3.59. The molecule has 0 spiro atoms. The molecule has 3 rings (SSSR count). The van der Waals surface area contributed by atoms with Crippen molar-refractivity contribution in [2.75, 3.05) is 26.2 Å². The van der Waals surface area contributed by atoms with Crippen molar-refractivity contribution < 1.29 is 17.5 Å². The Morgan fingerprint density at radius 2 is 1.69 bits per heavy atom. The van der Waals surface area contributed by atoms with Crippen molar-refractivity contribution >= 4 is 10.0 Å². The molecular formula is C16H25N5O4S. The molecule has 1 aliphatic heterocycles. The molecule has 10 heteroatoms. The lowest BCUT2D eigenvalue weighted by Crippen LogP contribution is -2.48. The molecule has 0 saturated carbocycles. The van der Waals surface area contributed by atoms with E-state index in [4.69, 9.17) is 9.05 Å². The molecule has 0 radical (unpaired) electrons. The Morgan fingerprint density at radius 3 is 2.19 bits per heavy atom. The van der Waals surface area contributed by atoms with Crippen LogP contribution in [0.1, 0.15) is 43.9 Å². The predicted octanol–water partition coefficient (Wildman–Crippen LogP) is 1.48. The van der Waals surface area contributed by atoms with Gasteiger partial charge in [-0.15, -0.1) is 0 Å². The Morgan fingerprint density at radius 1 is 1.04 bits per heavy atom. The van der Waals surface area contributed by atoms with Crippen molar-refractivity contribution in [2.45, 2.75) is 51.5 Å². The van der Waals surface area contributed by atoms with Crippen LogP contribution in [0.25, 0.3) is 0 Å². The molecule has 0 atom stereocenters. The van der Waals surface area contributed by atoms with Crippen LogP contribution in [0.4, 0.5) is 0 Å². The highest BCUT2D eigenvalue weighted by Gasteiger charge is 2.33. The smallest absolute Gasteiger partial charge is 0.248 e. The maximum Gasteiger partial charge on any atom is 0.248 e. The molecule has 3 heterocycles. The van der Waals surface area contributed by atoms with Crippen LogP contribution in [0.15, 0.2) is 13.9 Å². The van der Waals surface area contributed by atoms with E-state index in [1.165, 1.54) is 4.31 Å². The van der Waals surface area contributed by atoms with Crippen LogP contribution in [0.5, 0.6) is 0 Å². The maximum absolute atomic E-state index is 12.8. The van der Waals surface area contributed by atoms with Gasteiger partial charge >= 0.3 is 0 Å². The van der Waals surface area contributed by atoms with Crippen molar-refractivity contribution in [3.05, 3.63) is 23.2 Å². The molecule has 1 saturated heterocycles. The van der Waals surface area contributed by atoms with Gasteiger partial charge in [-0.25, -0.2) is 8.42 Å². The molecule has 0 unspecified atom stereocenters. The summed E-state index contributed by atoms with van der Waals surface area (Å²) >= 11 is 0. The minimum atomic E-state index is -3.59. The summed E-state index contributed by atoms with van der Waals surface area (Å²) in [6, 6.07) is 0. The Kier molecular flexibility index (Phi) is 4.93. The van der Waals surface area contributed by atoms with Gasteiger partial charge in [0.25, 0.3) is 0 Å². The summed E-state index contributed by atoms with van der Waals surface area (Å²) < 4.78 is 37.5. The molecule has 144 valence electrons. The van der Waals surface area contributed by atoms with Crippen LogP contribution in [-0.4, -0.2) is 59.1 Å². The third kappa shape index (κ3) is 3.67. The van der Waals surface area contributed by atoms with Gasteiger partial charge in [0.15, 0.2) is 11.6 Å². The maximum atomic E-state index is 12.8. The van der Waals surface area contributed by atoms with Crippen LogP contribution < -0.4 is 0 Å². The predicted molar refractivity (Wildman–Crippen MR) is 93.0 cm³/mol. The van der Waals surface area contributed by atoms with Crippen molar-refractivity contribution in [1.29, 1.82) is 0 Å². The van der Waals surface area contributed by atoms with E-state index < -0.39 is 10.0 Å². The molecule has 2 aromatic heterocycles. The SMILES string of the molecule is Cc1noc(C)c1S(=O)(=O)N1CCN(Cc2noc(C(C)(C)C)n2)CC1. The zero-order valence-corrected chi connectivity index (χ0v) is 16.6. The first-order valence-electron chi connectivity index (χ1n) is 8.57. The number of piperazine rings is 1. The average molecular weight is 383 g/mol. The number of nitrogens with zero attached hydrogens (tertiary/aromatic N) is 5. The summed E-state index contributed by atoms with van der Waals surface area (Å²) in [5.74, 6) is 1.55. The second kappa shape index (κ2) is 6.75. The number of hydrogen-bond donors (Lipinski definition) is 0. The quantitative estimate of drug-likeness (QED) is 0.782. The minimum absolute atomic E-state index is 0.180. The lowest BCUT2D eigenvalue weighted by Gasteiger charge is -2.33. The highest BCUT2D eigenvalue weighted by molar-refractivity contribution is 7.89. The highest BCUT2D eigenvalue weighted by Crippen LogP contribution is 2.24. The van der Waals surface area contributed by atoms with E-state index in [2.05, 4.69) is 20.2 Å². The summed E-state index contributed by atoms with van der Waals surface area (Å²) in [4.78, 5) is 6.74. The molecule has 0 bridgehead atoms. The zero-order valence-electron chi connectivity index (χ0n) is 15.8. The Labute approximate surface area is 153 Å². The lowest BCUT2D eigenvalue weighted by molar-refractivity contribution is 0.176. The van der Waals surface area contributed by atoms with Gasteiger partial charge in [0.1, 0.15) is 10.6 Å². The van der Waals surface area contributed by atoms with Crippen LogP contribution in [0, 0.1) is 13.8 Å². The molecule has 1 fully saturated rings. The molecule has 0 amide bonds.